The van der Waals surface area contributed by atoms with Crippen LogP contribution in [-0.4, -0.2) is 15.6 Å². The first-order valence-electron chi connectivity index (χ1n) is 7.52. The van der Waals surface area contributed by atoms with Gasteiger partial charge in [-0.15, -0.1) is 0 Å². The molecule has 1 amide bonds. The summed E-state index contributed by atoms with van der Waals surface area (Å²) < 4.78 is 6.44. The number of aryl methyl sites for hydroxylation is 2. The Hall–Kier alpha value is -3.15. The lowest BCUT2D eigenvalue weighted by Gasteiger charge is -2.10. The lowest BCUT2D eigenvalue weighted by molar-refractivity contribution is 0.102. The number of rotatable bonds is 4. The third-order valence-electron chi connectivity index (χ3n) is 3.72. The SMILES string of the molecule is Cc1cc(NC(=O)c2ccc(=O)n(Cc3ccccc3C)c2)no1. The van der Waals surface area contributed by atoms with Crippen LogP contribution >= 0.6 is 0 Å². The third kappa shape index (κ3) is 3.43. The molecular weight excluding hydrogens is 306 g/mol. The molecule has 3 aromatic rings. The predicted molar refractivity (Wildman–Crippen MR) is 90.2 cm³/mol. The van der Waals surface area contributed by atoms with Gasteiger partial charge in [-0.25, -0.2) is 0 Å². The number of carbonyl (C=O) groups excluding carboxylic acids is 1. The van der Waals surface area contributed by atoms with Crippen LogP contribution in [0, 0.1) is 13.8 Å². The summed E-state index contributed by atoms with van der Waals surface area (Å²) in [6.07, 6.45) is 1.55. The Morgan fingerprint density at radius 2 is 2.00 bits per heavy atom. The van der Waals surface area contributed by atoms with Crippen molar-refractivity contribution in [1.29, 1.82) is 0 Å². The minimum absolute atomic E-state index is 0.160. The van der Waals surface area contributed by atoms with Crippen molar-refractivity contribution in [3.05, 3.63) is 81.5 Å². The molecular formula is C18H17N3O3. The average Bonchev–Trinajstić information content (AvgIpc) is 2.96. The number of pyridine rings is 1. The minimum Gasteiger partial charge on any atom is -0.360 e. The van der Waals surface area contributed by atoms with Crippen LogP contribution in [0.2, 0.25) is 0 Å². The second-order valence-electron chi connectivity index (χ2n) is 5.59. The van der Waals surface area contributed by atoms with Crippen LogP contribution in [0.25, 0.3) is 0 Å². The highest BCUT2D eigenvalue weighted by atomic mass is 16.5. The Bertz CT molecular complexity index is 940. The molecule has 0 saturated carbocycles. The maximum Gasteiger partial charge on any atom is 0.258 e. The largest absolute Gasteiger partial charge is 0.360 e. The predicted octanol–water partition coefficient (Wildman–Crippen LogP) is 2.75. The Labute approximate surface area is 138 Å². The van der Waals surface area contributed by atoms with Crippen LogP contribution in [0.4, 0.5) is 5.82 Å². The number of carbonyl (C=O) groups is 1. The van der Waals surface area contributed by atoms with Gasteiger partial charge in [-0.3, -0.25) is 9.59 Å². The first-order chi connectivity index (χ1) is 11.5. The fourth-order valence-electron chi connectivity index (χ4n) is 2.37. The molecule has 0 fully saturated rings. The molecule has 0 radical (unpaired) electrons. The molecule has 0 saturated heterocycles. The van der Waals surface area contributed by atoms with E-state index in [1.807, 2.05) is 31.2 Å². The zero-order chi connectivity index (χ0) is 17.1. The first kappa shape index (κ1) is 15.7. The molecule has 6 nitrogen and oxygen atoms in total. The van der Waals surface area contributed by atoms with Gasteiger partial charge in [0, 0.05) is 18.3 Å². The van der Waals surface area contributed by atoms with Gasteiger partial charge in [0.2, 0.25) is 0 Å². The molecule has 6 heteroatoms. The van der Waals surface area contributed by atoms with Crippen LogP contribution in [0.1, 0.15) is 27.2 Å². The number of aromatic nitrogens is 2. The fraction of sp³-hybridized carbons (Fsp3) is 0.167. The number of nitrogens with one attached hydrogen (secondary N) is 1. The van der Waals surface area contributed by atoms with E-state index in [0.29, 0.717) is 23.7 Å². The third-order valence-corrected chi connectivity index (χ3v) is 3.72. The van der Waals surface area contributed by atoms with Crippen molar-refractivity contribution in [2.45, 2.75) is 20.4 Å². The molecule has 0 bridgehead atoms. The summed E-state index contributed by atoms with van der Waals surface area (Å²) in [5.74, 6) is 0.603. The number of hydrogen-bond acceptors (Lipinski definition) is 4. The normalized spacial score (nSPS) is 10.6. The summed E-state index contributed by atoms with van der Waals surface area (Å²) in [6.45, 7) is 4.14. The van der Waals surface area contributed by atoms with Crippen LogP contribution < -0.4 is 10.9 Å². The highest BCUT2D eigenvalue weighted by molar-refractivity contribution is 6.03. The van der Waals surface area contributed by atoms with E-state index in [1.54, 1.807) is 19.2 Å². The Kier molecular flexibility index (Phi) is 4.29. The van der Waals surface area contributed by atoms with Crippen molar-refractivity contribution in [3.8, 4) is 0 Å². The molecule has 3 rings (SSSR count). The lowest BCUT2D eigenvalue weighted by atomic mass is 10.1. The Balaban J connectivity index is 1.84. The van der Waals surface area contributed by atoms with Crippen molar-refractivity contribution in [3.63, 3.8) is 0 Å². The standard InChI is InChI=1S/C18H17N3O3/c1-12-5-3-4-6-14(12)10-21-11-15(7-8-17(21)22)18(23)19-16-9-13(2)24-20-16/h3-9,11H,10H2,1-2H3,(H,19,20,23). The van der Waals surface area contributed by atoms with Gasteiger partial charge in [-0.05, 0) is 31.0 Å². The molecule has 24 heavy (non-hydrogen) atoms. The van der Waals surface area contributed by atoms with Crippen molar-refractivity contribution in [1.82, 2.24) is 9.72 Å². The topological polar surface area (TPSA) is 77.1 Å². The summed E-state index contributed by atoms with van der Waals surface area (Å²) in [5, 5.41) is 6.37. The zero-order valence-corrected chi connectivity index (χ0v) is 13.4. The fourth-order valence-corrected chi connectivity index (χ4v) is 2.37. The minimum atomic E-state index is -0.346. The smallest absolute Gasteiger partial charge is 0.258 e. The summed E-state index contributed by atoms with van der Waals surface area (Å²) >= 11 is 0. The van der Waals surface area contributed by atoms with E-state index in [1.165, 1.54) is 16.7 Å². The second kappa shape index (κ2) is 6.54. The van der Waals surface area contributed by atoms with E-state index < -0.39 is 0 Å². The summed E-state index contributed by atoms with van der Waals surface area (Å²) in [5.41, 5.74) is 2.34. The molecule has 0 aliphatic rings. The molecule has 1 N–H and O–H groups in total. The van der Waals surface area contributed by atoms with Crippen molar-refractivity contribution < 1.29 is 9.32 Å². The van der Waals surface area contributed by atoms with E-state index in [0.717, 1.165) is 11.1 Å². The number of anilines is 1. The molecule has 0 atom stereocenters. The van der Waals surface area contributed by atoms with Gasteiger partial charge in [0.15, 0.2) is 5.82 Å². The molecule has 2 aromatic heterocycles. The van der Waals surface area contributed by atoms with E-state index >= 15 is 0 Å². The van der Waals surface area contributed by atoms with E-state index in [9.17, 15) is 9.59 Å². The number of amides is 1. The maximum atomic E-state index is 12.3. The molecule has 122 valence electrons. The summed E-state index contributed by atoms with van der Waals surface area (Å²) in [6, 6.07) is 12.3. The zero-order valence-electron chi connectivity index (χ0n) is 13.4. The average molecular weight is 323 g/mol. The van der Waals surface area contributed by atoms with Gasteiger partial charge < -0.3 is 14.4 Å². The molecule has 0 aliphatic heterocycles. The van der Waals surface area contributed by atoms with Crippen LogP contribution in [0.5, 0.6) is 0 Å². The molecule has 0 unspecified atom stereocenters. The van der Waals surface area contributed by atoms with E-state index in [4.69, 9.17) is 4.52 Å². The van der Waals surface area contributed by atoms with Crippen LogP contribution in [0.15, 0.2) is 58.0 Å². The van der Waals surface area contributed by atoms with Crippen molar-refractivity contribution in [2.75, 3.05) is 5.32 Å². The van der Waals surface area contributed by atoms with Crippen LogP contribution in [-0.2, 0) is 6.54 Å². The maximum absolute atomic E-state index is 12.3. The molecule has 0 spiro atoms. The lowest BCUT2D eigenvalue weighted by Crippen LogP contribution is -2.23. The quantitative estimate of drug-likeness (QED) is 0.801. The van der Waals surface area contributed by atoms with Crippen LogP contribution in [0.3, 0.4) is 0 Å². The molecule has 0 aliphatic carbocycles. The Morgan fingerprint density at radius 1 is 1.21 bits per heavy atom. The highest BCUT2D eigenvalue weighted by Gasteiger charge is 2.11. The van der Waals surface area contributed by atoms with Gasteiger partial charge in [-0.2, -0.15) is 0 Å². The molecule has 2 heterocycles. The van der Waals surface area contributed by atoms with E-state index in [2.05, 4.69) is 10.5 Å². The molecule has 1 aromatic carbocycles. The Morgan fingerprint density at radius 3 is 2.71 bits per heavy atom. The summed E-state index contributed by atoms with van der Waals surface area (Å²) in [7, 11) is 0. The highest BCUT2D eigenvalue weighted by Crippen LogP contribution is 2.11. The van der Waals surface area contributed by atoms with Gasteiger partial charge >= 0.3 is 0 Å². The number of benzene rings is 1. The second-order valence-corrected chi connectivity index (χ2v) is 5.59. The van der Waals surface area contributed by atoms with Gasteiger partial charge in [0.25, 0.3) is 11.5 Å². The van der Waals surface area contributed by atoms with Gasteiger partial charge in [0.05, 0.1) is 12.1 Å². The number of nitrogens with zero attached hydrogens (tertiary/aromatic N) is 2. The monoisotopic (exact) mass is 323 g/mol. The summed E-state index contributed by atoms with van der Waals surface area (Å²) in [4.78, 5) is 24.4. The van der Waals surface area contributed by atoms with Gasteiger partial charge in [-0.1, -0.05) is 29.4 Å². The number of hydrogen-bond donors (Lipinski definition) is 1. The van der Waals surface area contributed by atoms with E-state index in [-0.39, 0.29) is 11.5 Å². The van der Waals surface area contributed by atoms with Crippen molar-refractivity contribution >= 4 is 11.7 Å². The van der Waals surface area contributed by atoms with Gasteiger partial charge in [0.1, 0.15) is 5.76 Å². The van der Waals surface area contributed by atoms with Crippen molar-refractivity contribution in [2.24, 2.45) is 0 Å². The first-order valence-corrected chi connectivity index (χ1v) is 7.52.